The molecule has 1 atom stereocenters. The Morgan fingerprint density at radius 2 is 2.10 bits per heavy atom. The van der Waals surface area contributed by atoms with E-state index in [9.17, 15) is 5.26 Å². The van der Waals surface area contributed by atoms with E-state index in [0.717, 1.165) is 30.8 Å². The fourth-order valence-corrected chi connectivity index (χ4v) is 3.96. The largest absolute Gasteiger partial charge is 0.497 e. The zero-order valence-electron chi connectivity index (χ0n) is 17.9. The van der Waals surface area contributed by atoms with Crippen LogP contribution in [0.1, 0.15) is 25.8 Å². The first-order valence-electron chi connectivity index (χ1n) is 10.3. The number of nitrogens with zero attached hydrogens (tertiary/aromatic N) is 5. The van der Waals surface area contributed by atoms with Crippen LogP contribution in [0.4, 0.5) is 11.5 Å². The average molecular weight is 419 g/mol. The Kier molecular flexibility index (Phi) is 5.78. The number of nitriles is 1. The van der Waals surface area contributed by atoms with Crippen molar-refractivity contribution < 1.29 is 9.47 Å². The first-order valence-corrected chi connectivity index (χ1v) is 10.3. The Hall–Kier alpha value is -3.57. The van der Waals surface area contributed by atoms with Crippen molar-refractivity contribution in [3.05, 3.63) is 48.5 Å². The van der Waals surface area contributed by atoms with Gasteiger partial charge in [0.2, 0.25) is 0 Å². The van der Waals surface area contributed by atoms with Crippen LogP contribution in [0.15, 0.2) is 43.0 Å². The number of imidazole rings is 1. The second-order valence-corrected chi connectivity index (χ2v) is 7.84. The van der Waals surface area contributed by atoms with Gasteiger partial charge in [0.15, 0.2) is 5.82 Å². The summed E-state index contributed by atoms with van der Waals surface area (Å²) in [6.07, 6.45) is 6.35. The lowest BCUT2D eigenvalue weighted by atomic mass is 9.99. The quantitative estimate of drug-likeness (QED) is 0.654. The summed E-state index contributed by atoms with van der Waals surface area (Å²) >= 11 is 0. The van der Waals surface area contributed by atoms with Crippen molar-refractivity contribution in [2.45, 2.75) is 32.5 Å². The molecule has 31 heavy (non-hydrogen) atoms. The van der Waals surface area contributed by atoms with Gasteiger partial charge in [-0.1, -0.05) is 0 Å². The van der Waals surface area contributed by atoms with Gasteiger partial charge in [-0.2, -0.15) is 5.26 Å². The molecular formula is C23H26N6O2. The molecule has 2 aromatic heterocycles. The van der Waals surface area contributed by atoms with E-state index in [1.807, 2.05) is 12.1 Å². The SMILES string of the molecule is COc1cc(-c2cc(N)nc(-n3ccnc3)c2C#N)cc(N2CC[C@@H](OC(C)C)C2)c1. The van der Waals surface area contributed by atoms with Gasteiger partial charge >= 0.3 is 0 Å². The number of nitrogens with two attached hydrogens (primary N) is 1. The number of anilines is 2. The van der Waals surface area contributed by atoms with Crippen LogP contribution in [-0.4, -0.2) is 46.9 Å². The van der Waals surface area contributed by atoms with Crippen molar-refractivity contribution in [3.8, 4) is 28.8 Å². The molecule has 1 fully saturated rings. The van der Waals surface area contributed by atoms with E-state index in [-0.39, 0.29) is 12.2 Å². The number of benzene rings is 1. The number of aromatic nitrogens is 3. The Balaban J connectivity index is 1.77. The predicted octanol–water partition coefficient (Wildman–Crippen LogP) is 3.40. The van der Waals surface area contributed by atoms with Gasteiger partial charge in [-0.3, -0.25) is 4.57 Å². The van der Waals surface area contributed by atoms with Crippen LogP contribution in [0.5, 0.6) is 5.75 Å². The van der Waals surface area contributed by atoms with Crippen molar-refractivity contribution in [1.29, 1.82) is 5.26 Å². The Morgan fingerprint density at radius 1 is 1.26 bits per heavy atom. The third-order valence-corrected chi connectivity index (χ3v) is 5.29. The number of nitrogen functional groups attached to an aromatic ring is 1. The fourth-order valence-electron chi connectivity index (χ4n) is 3.96. The minimum Gasteiger partial charge on any atom is -0.497 e. The number of hydrogen-bond acceptors (Lipinski definition) is 7. The summed E-state index contributed by atoms with van der Waals surface area (Å²) in [4.78, 5) is 10.7. The normalized spacial score (nSPS) is 16.0. The molecule has 160 valence electrons. The standard InChI is InChI=1S/C23H26N6O2/c1-15(2)31-18-4-6-28(13-18)17-8-16(9-19(10-17)30-3)20-11-22(25)27-23(21(20)12-24)29-7-5-26-14-29/h5,7-11,14-15,18H,4,6,13H2,1-3H3,(H2,25,27)/t18-/m1/s1. The van der Waals surface area contributed by atoms with Gasteiger partial charge in [-0.15, -0.1) is 0 Å². The molecule has 0 amide bonds. The van der Waals surface area contributed by atoms with Crippen LogP contribution < -0.4 is 15.4 Å². The summed E-state index contributed by atoms with van der Waals surface area (Å²) < 4.78 is 13.3. The third-order valence-electron chi connectivity index (χ3n) is 5.29. The zero-order chi connectivity index (χ0) is 22.0. The molecule has 8 nitrogen and oxygen atoms in total. The van der Waals surface area contributed by atoms with Gasteiger partial charge < -0.3 is 20.1 Å². The molecule has 0 unspecified atom stereocenters. The topological polar surface area (TPSA) is 102 Å². The number of rotatable bonds is 6. The maximum atomic E-state index is 9.95. The maximum absolute atomic E-state index is 9.95. The number of pyridine rings is 1. The molecule has 3 aromatic rings. The highest BCUT2D eigenvalue weighted by molar-refractivity contribution is 5.79. The van der Waals surface area contributed by atoms with Gasteiger partial charge in [-0.25, -0.2) is 9.97 Å². The Bertz CT molecular complexity index is 1100. The molecule has 8 heteroatoms. The highest BCUT2D eigenvalue weighted by Crippen LogP contribution is 2.36. The third kappa shape index (κ3) is 4.32. The first kappa shape index (κ1) is 20.7. The van der Waals surface area contributed by atoms with Gasteiger partial charge in [0, 0.05) is 42.8 Å². The minimum absolute atomic E-state index is 0.199. The molecule has 2 N–H and O–H groups in total. The van der Waals surface area contributed by atoms with Crippen molar-refractivity contribution in [2.24, 2.45) is 0 Å². The van der Waals surface area contributed by atoms with Crippen molar-refractivity contribution in [3.63, 3.8) is 0 Å². The number of hydrogen-bond donors (Lipinski definition) is 1. The molecule has 1 aliphatic heterocycles. The van der Waals surface area contributed by atoms with Crippen molar-refractivity contribution in [1.82, 2.24) is 14.5 Å². The summed E-state index contributed by atoms with van der Waals surface area (Å²) in [5.41, 5.74) is 9.10. The molecule has 1 saturated heterocycles. The Morgan fingerprint density at radius 3 is 2.77 bits per heavy atom. The number of methoxy groups -OCH3 is 1. The van der Waals surface area contributed by atoms with Crippen LogP contribution in [0.2, 0.25) is 0 Å². The fraction of sp³-hybridized carbons (Fsp3) is 0.348. The van der Waals surface area contributed by atoms with E-state index in [0.29, 0.717) is 28.5 Å². The van der Waals surface area contributed by atoms with Crippen molar-refractivity contribution >= 4 is 11.5 Å². The van der Waals surface area contributed by atoms with E-state index in [2.05, 4.69) is 40.9 Å². The van der Waals surface area contributed by atoms with E-state index >= 15 is 0 Å². The zero-order valence-corrected chi connectivity index (χ0v) is 17.9. The van der Waals surface area contributed by atoms with E-state index in [4.69, 9.17) is 15.2 Å². The average Bonchev–Trinajstić information content (AvgIpc) is 3.44. The van der Waals surface area contributed by atoms with Crippen LogP contribution in [0.3, 0.4) is 0 Å². The number of ether oxygens (including phenoxy) is 2. The van der Waals surface area contributed by atoms with Gasteiger partial charge in [0.1, 0.15) is 29.5 Å². The van der Waals surface area contributed by atoms with Crippen LogP contribution in [0.25, 0.3) is 16.9 Å². The van der Waals surface area contributed by atoms with Gasteiger partial charge in [0.25, 0.3) is 0 Å². The molecule has 3 heterocycles. The maximum Gasteiger partial charge on any atom is 0.158 e. The van der Waals surface area contributed by atoms with E-state index in [1.165, 1.54) is 0 Å². The molecule has 0 aliphatic carbocycles. The molecule has 1 aromatic carbocycles. The summed E-state index contributed by atoms with van der Waals surface area (Å²) in [6, 6.07) is 10.0. The summed E-state index contributed by atoms with van der Waals surface area (Å²) in [5, 5.41) is 9.95. The smallest absolute Gasteiger partial charge is 0.158 e. The van der Waals surface area contributed by atoms with Crippen LogP contribution >= 0.6 is 0 Å². The monoisotopic (exact) mass is 418 g/mol. The summed E-state index contributed by atoms with van der Waals surface area (Å²) in [6.45, 7) is 5.82. The summed E-state index contributed by atoms with van der Waals surface area (Å²) in [5.74, 6) is 1.49. The lowest BCUT2D eigenvalue weighted by molar-refractivity contribution is 0.0210. The van der Waals surface area contributed by atoms with E-state index < -0.39 is 0 Å². The molecule has 0 spiro atoms. The minimum atomic E-state index is 0.199. The molecule has 0 saturated carbocycles. The lowest BCUT2D eigenvalue weighted by Gasteiger charge is -2.22. The molecule has 0 bridgehead atoms. The predicted molar refractivity (Wildman–Crippen MR) is 119 cm³/mol. The van der Waals surface area contributed by atoms with Gasteiger partial charge in [-0.05, 0) is 44.0 Å². The van der Waals surface area contributed by atoms with Crippen molar-refractivity contribution in [2.75, 3.05) is 30.8 Å². The highest BCUT2D eigenvalue weighted by Gasteiger charge is 2.25. The van der Waals surface area contributed by atoms with Gasteiger partial charge in [0.05, 0.1) is 19.3 Å². The molecular weight excluding hydrogens is 392 g/mol. The second kappa shape index (κ2) is 8.66. The molecule has 0 radical (unpaired) electrons. The second-order valence-electron chi connectivity index (χ2n) is 7.84. The summed E-state index contributed by atoms with van der Waals surface area (Å²) in [7, 11) is 1.64. The lowest BCUT2D eigenvalue weighted by Crippen LogP contribution is -2.24. The first-order chi connectivity index (χ1) is 15.0. The van der Waals surface area contributed by atoms with E-state index in [1.54, 1.807) is 36.5 Å². The Labute approximate surface area is 181 Å². The van der Waals surface area contributed by atoms with Crippen LogP contribution in [0, 0.1) is 11.3 Å². The molecule has 4 rings (SSSR count). The molecule has 1 aliphatic rings. The highest BCUT2D eigenvalue weighted by atomic mass is 16.5. The van der Waals surface area contributed by atoms with Crippen LogP contribution in [-0.2, 0) is 4.74 Å².